The summed E-state index contributed by atoms with van der Waals surface area (Å²) in [5, 5.41) is 7.60. The van der Waals surface area contributed by atoms with Crippen molar-refractivity contribution in [2.45, 2.75) is 34.1 Å². The number of rotatable bonds is 13. The molecule has 3 aromatic rings. The zero-order valence-electron chi connectivity index (χ0n) is 24.9. The number of hydrogen-bond acceptors (Lipinski definition) is 3. The highest BCUT2D eigenvalue weighted by atomic mass is 19.1. The van der Waals surface area contributed by atoms with Crippen molar-refractivity contribution < 1.29 is 4.39 Å². The fourth-order valence-electron chi connectivity index (χ4n) is 4.64. The van der Waals surface area contributed by atoms with Gasteiger partial charge in [-0.25, -0.2) is 4.39 Å². The molecule has 0 saturated carbocycles. The van der Waals surface area contributed by atoms with Crippen LogP contribution in [0.5, 0.6) is 0 Å². The maximum absolute atomic E-state index is 13.6. The van der Waals surface area contributed by atoms with Gasteiger partial charge in [-0.1, -0.05) is 52.3 Å². The summed E-state index contributed by atoms with van der Waals surface area (Å²) in [5.41, 5.74) is 9.55. The average Bonchev–Trinajstić information content (AvgIpc) is 3.39. The Kier molecular flexibility index (Phi) is 10.6. The van der Waals surface area contributed by atoms with E-state index in [1.165, 1.54) is 12.1 Å². The smallest absolute Gasteiger partial charge is 0.123 e. The summed E-state index contributed by atoms with van der Waals surface area (Å²) in [6, 6.07) is 10.3. The molecule has 2 heterocycles. The maximum atomic E-state index is 13.6. The molecule has 0 atom stereocenters. The van der Waals surface area contributed by atoms with Gasteiger partial charge >= 0.3 is 0 Å². The number of hydrogen-bond donors (Lipinski definition) is 3. The van der Waals surface area contributed by atoms with Crippen molar-refractivity contribution in [2.24, 2.45) is 5.92 Å². The predicted molar refractivity (Wildman–Crippen MR) is 174 cm³/mol. The summed E-state index contributed by atoms with van der Waals surface area (Å²) >= 11 is 0. The van der Waals surface area contributed by atoms with Gasteiger partial charge in [-0.05, 0) is 92.0 Å². The first-order valence-electron chi connectivity index (χ1n) is 13.8. The molecule has 0 aliphatic carbocycles. The number of benzene rings is 1. The third-order valence-electron chi connectivity index (χ3n) is 6.67. The van der Waals surface area contributed by atoms with Gasteiger partial charge in [-0.3, -0.25) is 4.98 Å². The molecule has 1 aromatic carbocycles. The van der Waals surface area contributed by atoms with Gasteiger partial charge in [-0.15, -0.1) is 0 Å². The highest BCUT2D eigenvalue weighted by Gasteiger charge is 2.16. The predicted octanol–water partition coefficient (Wildman–Crippen LogP) is 9.15. The zero-order chi connectivity index (χ0) is 30.1. The van der Waals surface area contributed by atoms with Gasteiger partial charge in [0.05, 0.1) is 5.69 Å². The molecule has 0 radical (unpaired) electrons. The molecule has 0 amide bonds. The van der Waals surface area contributed by atoms with Crippen molar-refractivity contribution >= 4 is 16.5 Å². The van der Waals surface area contributed by atoms with Crippen LogP contribution in [-0.4, -0.2) is 17.0 Å². The van der Waals surface area contributed by atoms with Crippen LogP contribution in [0.15, 0.2) is 133 Å². The first-order valence-corrected chi connectivity index (χ1v) is 13.8. The fourth-order valence-corrected chi connectivity index (χ4v) is 4.64. The lowest BCUT2D eigenvalue weighted by molar-refractivity contribution is 0.622. The number of aromatic nitrogens is 2. The SMILES string of the molecule is C=C/C(=C\C(=C/C)C(=C)/C=C(C(=C)c1cc2c(-c3ccc(F)cc3)nccc2[nH]1)\C(=C/C)NC)NC(=C)CC(C)C. The molecule has 2 aromatic heterocycles. The number of allylic oxidation sites excluding steroid dienone is 9. The number of fused-ring (bicyclic) bond motifs is 1. The van der Waals surface area contributed by atoms with E-state index in [1.807, 2.05) is 57.3 Å². The van der Waals surface area contributed by atoms with Crippen LogP contribution in [-0.2, 0) is 0 Å². The largest absolute Gasteiger partial charge is 0.388 e. The second-order valence-corrected chi connectivity index (χ2v) is 10.2. The molecular formula is C36H41FN4. The van der Waals surface area contributed by atoms with Gasteiger partial charge in [0.25, 0.3) is 0 Å². The minimum atomic E-state index is -0.281. The molecule has 4 nitrogen and oxygen atoms in total. The summed E-state index contributed by atoms with van der Waals surface area (Å²) in [4.78, 5) is 8.08. The van der Waals surface area contributed by atoms with E-state index in [-0.39, 0.29) is 5.82 Å². The molecule has 0 spiro atoms. The van der Waals surface area contributed by atoms with Crippen LogP contribution in [0.4, 0.5) is 4.39 Å². The van der Waals surface area contributed by atoms with Crippen molar-refractivity contribution in [3.63, 3.8) is 0 Å². The summed E-state index contributed by atoms with van der Waals surface area (Å²) in [7, 11) is 1.89. The van der Waals surface area contributed by atoms with Crippen LogP contribution in [0, 0.1) is 11.7 Å². The average molecular weight is 549 g/mol. The van der Waals surface area contributed by atoms with E-state index in [2.05, 4.69) is 60.8 Å². The van der Waals surface area contributed by atoms with Crippen molar-refractivity contribution in [2.75, 3.05) is 7.05 Å². The topological polar surface area (TPSA) is 52.7 Å². The molecule has 3 rings (SSSR count). The van der Waals surface area contributed by atoms with E-state index in [0.717, 1.165) is 73.7 Å². The molecule has 5 heteroatoms. The zero-order valence-corrected chi connectivity index (χ0v) is 24.9. The van der Waals surface area contributed by atoms with Crippen molar-refractivity contribution in [1.82, 2.24) is 20.6 Å². The van der Waals surface area contributed by atoms with Crippen molar-refractivity contribution in [3.8, 4) is 11.3 Å². The molecule has 212 valence electrons. The quantitative estimate of drug-likeness (QED) is 0.187. The number of nitrogens with zero attached hydrogens (tertiary/aromatic N) is 1. The Balaban J connectivity index is 2.02. The van der Waals surface area contributed by atoms with Crippen LogP contribution in [0.1, 0.15) is 39.8 Å². The van der Waals surface area contributed by atoms with Crippen LogP contribution in [0.2, 0.25) is 0 Å². The van der Waals surface area contributed by atoms with Gasteiger partial charge in [0.1, 0.15) is 5.82 Å². The third kappa shape index (κ3) is 7.73. The van der Waals surface area contributed by atoms with Crippen molar-refractivity contribution in [3.05, 3.63) is 145 Å². The number of likely N-dealkylation sites (N-methyl/N-ethyl adjacent to an activating group) is 1. The van der Waals surface area contributed by atoms with Gasteiger partial charge in [0.2, 0.25) is 0 Å². The van der Waals surface area contributed by atoms with E-state index in [9.17, 15) is 4.39 Å². The molecule has 3 N–H and O–H groups in total. The Morgan fingerprint density at radius 2 is 1.76 bits per heavy atom. The summed E-state index contributed by atoms with van der Waals surface area (Å²) < 4.78 is 13.6. The highest BCUT2D eigenvalue weighted by molar-refractivity contribution is 5.97. The Morgan fingerprint density at radius 1 is 1.05 bits per heavy atom. The van der Waals surface area contributed by atoms with Gasteiger partial charge in [-0.2, -0.15) is 0 Å². The lowest BCUT2D eigenvalue weighted by Gasteiger charge is -2.16. The Morgan fingerprint density at radius 3 is 2.34 bits per heavy atom. The van der Waals surface area contributed by atoms with Crippen LogP contribution >= 0.6 is 0 Å². The van der Waals surface area contributed by atoms with Gasteiger partial charge in [0, 0.05) is 63.6 Å². The van der Waals surface area contributed by atoms with Crippen LogP contribution < -0.4 is 10.6 Å². The second-order valence-electron chi connectivity index (χ2n) is 10.2. The Hall–Kier alpha value is -4.64. The normalized spacial score (nSPS) is 13.0. The lowest BCUT2D eigenvalue weighted by Crippen LogP contribution is -2.12. The molecule has 0 unspecified atom stereocenters. The molecular weight excluding hydrogens is 507 g/mol. The first kappa shape index (κ1) is 30.9. The molecule has 0 aliphatic heterocycles. The van der Waals surface area contributed by atoms with Crippen LogP contribution in [0.3, 0.4) is 0 Å². The molecule has 0 aliphatic rings. The minimum Gasteiger partial charge on any atom is -0.388 e. The molecule has 0 saturated heterocycles. The maximum Gasteiger partial charge on any atom is 0.123 e. The first-order chi connectivity index (χ1) is 19.6. The lowest BCUT2D eigenvalue weighted by atomic mass is 9.95. The fraction of sp³-hybridized carbons (Fsp3) is 0.194. The molecule has 41 heavy (non-hydrogen) atoms. The minimum absolute atomic E-state index is 0.281. The van der Waals surface area contributed by atoms with E-state index in [4.69, 9.17) is 0 Å². The third-order valence-corrected chi connectivity index (χ3v) is 6.67. The highest BCUT2D eigenvalue weighted by Crippen LogP contribution is 2.33. The number of aromatic amines is 1. The van der Waals surface area contributed by atoms with E-state index in [0.29, 0.717) is 5.92 Å². The summed E-state index contributed by atoms with van der Waals surface area (Å²) in [5.74, 6) is 0.221. The monoisotopic (exact) mass is 548 g/mol. The summed E-state index contributed by atoms with van der Waals surface area (Å²) in [6.07, 6.45) is 12.5. The van der Waals surface area contributed by atoms with Crippen molar-refractivity contribution in [1.29, 1.82) is 0 Å². The summed E-state index contributed by atoms with van der Waals surface area (Å²) in [6.45, 7) is 25.3. The number of nitrogens with one attached hydrogen (secondary N) is 3. The number of H-pyrrole nitrogens is 1. The van der Waals surface area contributed by atoms with Gasteiger partial charge in [0.15, 0.2) is 0 Å². The van der Waals surface area contributed by atoms with E-state index in [1.54, 1.807) is 24.4 Å². The molecule has 0 bridgehead atoms. The molecule has 0 fully saturated rings. The van der Waals surface area contributed by atoms with Gasteiger partial charge < -0.3 is 15.6 Å². The standard InChI is InChI=1S/C36H41FN4/c1-10-27(21-30(11-2)40-25(7)19-23(4)5)24(6)20-31(33(12-3)38-9)26(8)35-22-32-34(41-35)17-18-39-36(32)28-13-15-29(37)16-14-28/h10-18,20-23,38,40-41H,2,6-8,19H2,1,3-5,9H3/b27-10+,30-21+,31-20-,33-12+. The number of halogens is 1. The Bertz CT molecular complexity index is 1570. The second kappa shape index (κ2) is 14.1. The van der Waals surface area contributed by atoms with E-state index >= 15 is 0 Å². The van der Waals surface area contributed by atoms with Crippen LogP contribution in [0.25, 0.3) is 27.7 Å². The number of pyridine rings is 1. The Labute approximate surface area is 244 Å². The van der Waals surface area contributed by atoms with E-state index < -0.39 is 0 Å².